The fraction of sp³-hybridized carbons (Fsp3) is 0.0500. The highest BCUT2D eigenvalue weighted by atomic mass is 16.6. The second kappa shape index (κ2) is 8.97. The first kappa shape index (κ1) is 21.2. The smallest absolute Gasteiger partial charge is 0.307 e. The van der Waals surface area contributed by atoms with Crippen molar-refractivity contribution in [2.75, 3.05) is 5.32 Å². The Labute approximate surface area is 184 Å². The molecule has 0 unspecified atom stereocenters. The molecule has 1 amide bonds. The zero-order valence-corrected chi connectivity index (χ0v) is 16.7. The second-order valence-corrected chi connectivity index (χ2v) is 6.64. The number of amides is 1. The van der Waals surface area contributed by atoms with Gasteiger partial charge in [0.2, 0.25) is 0 Å². The van der Waals surface area contributed by atoms with Crippen molar-refractivity contribution < 1.29 is 23.8 Å². The van der Waals surface area contributed by atoms with Crippen LogP contribution in [0.3, 0.4) is 0 Å². The van der Waals surface area contributed by atoms with Gasteiger partial charge in [0.1, 0.15) is 29.7 Å². The Hall–Kier alpha value is -5.07. The summed E-state index contributed by atoms with van der Waals surface area (Å²) in [4.78, 5) is 37.4. The van der Waals surface area contributed by atoms with Crippen LogP contribution in [0.1, 0.15) is 16.3 Å². The van der Waals surface area contributed by atoms with Gasteiger partial charge in [-0.15, -0.1) is 0 Å². The van der Waals surface area contributed by atoms with Gasteiger partial charge in [0.15, 0.2) is 5.76 Å². The van der Waals surface area contributed by atoms with Crippen molar-refractivity contribution in [3.8, 4) is 11.5 Å². The number of pyridine rings is 1. The van der Waals surface area contributed by atoms with E-state index in [4.69, 9.17) is 9.15 Å². The van der Waals surface area contributed by atoms with E-state index in [0.29, 0.717) is 11.5 Å². The number of furan rings is 1. The number of rotatable bonds is 8. The summed E-state index contributed by atoms with van der Waals surface area (Å²) in [5.74, 6) is 0.115. The van der Waals surface area contributed by atoms with Gasteiger partial charge in [-0.3, -0.25) is 34.7 Å². The summed E-state index contributed by atoms with van der Waals surface area (Å²) in [5.41, 5.74) is -0.338. The molecule has 33 heavy (non-hydrogen) atoms. The molecule has 0 aliphatic rings. The predicted molar refractivity (Wildman–Crippen MR) is 112 cm³/mol. The van der Waals surface area contributed by atoms with E-state index in [2.05, 4.69) is 15.4 Å². The van der Waals surface area contributed by atoms with Gasteiger partial charge >= 0.3 is 5.69 Å². The van der Waals surface area contributed by atoms with Crippen LogP contribution >= 0.6 is 0 Å². The van der Waals surface area contributed by atoms with E-state index in [-0.39, 0.29) is 35.1 Å². The normalized spacial score (nSPS) is 10.5. The summed E-state index contributed by atoms with van der Waals surface area (Å²) in [6.45, 7) is 0.0705. The number of non-ortho nitro benzene ring substituents is 1. The number of nitrogens with zero attached hydrogens (tertiary/aromatic N) is 5. The van der Waals surface area contributed by atoms with Gasteiger partial charge in [-0.25, -0.2) is 0 Å². The average molecular weight is 450 g/mol. The first-order chi connectivity index (χ1) is 15.9. The summed E-state index contributed by atoms with van der Waals surface area (Å²) in [7, 11) is 0. The first-order valence-electron chi connectivity index (χ1n) is 9.31. The lowest BCUT2D eigenvalue weighted by Crippen LogP contribution is -2.11. The summed E-state index contributed by atoms with van der Waals surface area (Å²) in [6, 6.07) is 10.0. The van der Waals surface area contributed by atoms with Gasteiger partial charge in [0.25, 0.3) is 11.6 Å². The largest absolute Gasteiger partial charge is 0.455 e. The molecule has 13 heteroatoms. The Balaban J connectivity index is 1.49. The molecule has 3 aromatic heterocycles. The lowest BCUT2D eigenvalue weighted by atomic mass is 10.2. The lowest BCUT2D eigenvalue weighted by molar-refractivity contribution is -0.385. The molecule has 0 radical (unpaired) electrons. The summed E-state index contributed by atoms with van der Waals surface area (Å²) < 4.78 is 12.4. The number of nitrogens with one attached hydrogen (secondary N) is 1. The number of hydrogen-bond donors (Lipinski definition) is 1. The molecule has 0 saturated carbocycles. The Morgan fingerprint density at radius 2 is 1.88 bits per heavy atom. The van der Waals surface area contributed by atoms with E-state index in [9.17, 15) is 25.0 Å². The molecule has 13 nitrogen and oxygen atoms in total. The van der Waals surface area contributed by atoms with Crippen LogP contribution < -0.4 is 10.1 Å². The number of nitro benzene ring substituents is 1. The topological polar surface area (TPSA) is 168 Å². The number of nitro groups is 2. The Kier molecular flexibility index (Phi) is 5.75. The van der Waals surface area contributed by atoms with E-state index >= 15 is 0 Å². The molecule has 0 bridgehead atoms. The lowest BCUT2D eigenvalue weighted by Gasteiger charge is -2.08. The standard InChI is InChI=1S/C20H14N6O7/c27-20(19-4-3-17(33-19)12-24-11-15(9-22-24)26(30)31)23-13-6-14(25(28)29)8-18(7-13)32-16-2-1-5-21-10-16/h1-11H,12H2,(H,23,27). The van der Waals surface area contributed by atoms with Crippen LogP contribution in [0.5, 0.6) is 11.5 Å². The number of ether oxygens (including phenoxy) is 1. The number of aromatic nitrogens is 3. The third kappa shape index (κ3) is 5.16. The minimum Gasteiger partial charge on any atom is -0.455 e. The van der Waals surface area contributed by atoms with Crippen molar-refractivity contribution in [3.05, 3.63) is 99.0 Å². The summed E-state index contributed by atoms with van der Waals surface area (Å²) >= 11 is 0. The molecule has 1 N–H and O–H groups in total. The minimum absolute atomic E-state index is 0.0621. The zero-order chi connectivity index (χ0) is 23.4. The average Bonchev–Trinajstić information content (AvgIpc) is 3.44. The fourth-order valence-corrected chi connectivity index (χ4v) is 2.83. The van der Waals surface area contributed by atoms with Crippen molar-refractivity contribution in [1.82, 2.24) is 14.8 Å². The van der Waals surface area contributed by atoms with Crippen molar-refractivity contribution >= 4 is 23.0 Å². The van der Waals surface area contributed by atoms with Crippen LogP contribution in [0, 0.1) is 20.2 Å². The van der Waals surface area contributed by atoms with Gasteiger partial charge in [0, 0.05) is 18.3 Å². The Morgan fingerprint density at radius 3 is 2.58 bits per heavy atom. The maximum absolute atomic E-state index is 12.6. The number of carbonyl (C=O) groups is 1. The third-order valence-electron chi connectivity index (χ3n) is 4.26. The quantitative estimate of drug-likeness (QED) is 0.310. The molecular formula is C20H14N6O7. The van der Waals surface area contributed by atoms with Crippen LogP contribution in [-0.2, 0) is 6.54 Å². The monoisotopic (exact) mass is 450 g/mol. The van der Waals surface area contributed by atoms with E-state index < -0.39 is 15.8 Å². The highest BCUT2D eigenvalue weighted by molar-refractivity contribution is 6.02. The molecule has 4 rings (SSSR count). The molecule has 0 fully saturated rings. The molecule has 0 spiro atoms. The van der Waals surface area contributed by atoms with Gasteiger partial charge in [-0.2, -0.15) is 5.10 Å². The van der Waals surface area contributed by atoms with Crippen molar-refractivity contribution in [1.29, 1.82) is 0 Å². The molecule has 1 aromatic carbocycles. The van der Waals surface area contributed by atoms with E-state index in [0.717, 1.165) is 6.20 Å². The van der Waals surface area contributed by atoms with Crippen molar-refractivity contribution in [3.63, 3.8) is 0 Å². The maximum Gasteiger partial charge on any atom is 0.307 e. The van der Waals surface area contributed by atoms with Gasteiger partial charge < -0.3 is 14.5 Å². The SMILES string of the molecule is O=C(Nc1cc(Oc2cccnc2)cc([N+](=O)[O-])c1)c1ccc(Cn2cc([N+](=O)[O-])cn2)o1. The van der Waals surface area contributed by atoms with Gasteiger partial charge in [-0.1, -0.05) is 0 Å². The van der Waals surface area contributed by atoms with Crippen LogP contribution in [0.25, 0.3) is 0 Å². The summed E-state index contributed by atoms with van der Waals surface area (Å²) in [6.07, 6.45) is 5.33. The number of benzene rings is 1. The molecule has 0 aliphatic carbocycles. The third-order valence-corrected chi connectivity index (χ3v) is 4.26. The van der Waals surface area contributed by atoms with Gasteiger partial charge in [-0.05, 0) is 24.3 Å². The maximum atomic E-state index is 12.6. The first-order valence-corrected chi connectivity index (χ1v) is 9.31. The number of carbonyl (C=O) groups excluding carboxylic acids is 1. The van der Waals surface area contributed by atoms with E-state index in [1.54, 1.807) is 18.3 Å². The summed E-state index contributed by atoms with van der Waals surface area (Å²) in [5, 5.41) is 28.4. The molecule has 0 aliphatic heterocycles. The number of hydrogen-bond acceptors (Lipinski definition) is 9. The highest BCUT2D eigenvalue weighted by Gasteiger charge is 2.17. The molecule has 166 valence electrons. The molecule has 4 aromatic rings. The molecule has 0 atom stereocenters. The Bertz CT molecular complexity index is 1330. The Morgan fingerprint density at radius 1 is 1.06 bits per heavy atom. The molecule has 3 heterocycles. The van der Waals surface area contributed by atoms with Crippen LogP contribution in [-0.4, -0.2) is 30.5 Å². The van der Waals surface area contributed by atoms with Crippen LogP contribution in [0.15, 0.2) is 71.7 Å². The fourth-order valence-electron chi connectivity index (χ4n) is 2.83. The van der Waals surface area contributed by atoms with Gasteiger partial charge in [0.05, 0.1) is 34.3 Å². The second-order valence-electron chi connectivity index (χ2n) is 6.64. The minimum atomic E-state index is -0.652. The molecule has 0 saturated heterocycles. The van der Waals surface area contributed by atoms with Crippen molar-refractivity contribution in [2.45, 2.75) is 6.54 Å². The predicted octanol–water partition coefficient (Wildman–Crippen LogP) is 3.78. The molecular weight excluding hydrogens is 436 g/mol. The highest BCUT2D eigenvalue weighted by Crippen LogP contribution is 2.29. The number of anilines is 1. The van der Waals surface area contributed by atoms with Crippen LogP contribution in [0.4, 0.5) is 17.1 Å². The van der Waals surface area contributed by atoms with E-state index in [1.807, 2.05) is 0 Å². The zero-order valence-electron chi connectivity index (χ0n) is 16.7. The van der Waals surface area contributed by atoms with E-state index in [1.165, 1.54) is 47.4 Å². The van der Waals surface area contributed by atoms with Crippen LogP contribution in [0.2, 0.25) is 0 Å². The van der Waals surface area contributed by atoms with Crippen molar-refractivity contribution in [2.24, 2.45) is 0 Å².